The van der Waals surface area contributed by atoms with E-state index in [4.69, 9.17) is 0 Å². The summed E-state index contributed by atoms with van der Waals surface area (Å²) in [6.07, 6.45) is 3.96. The highest BCUT2D eigenvalue weighted by atomic mass is 32.2. The number of likely N-dealkylation sites (N-methyl/N-ethyl adjacent to an activating group) is 1. The highest BCUT2D eigenvalue weighted by Gasteiger charge is 2.26. The Bertz CT molecular complexity index is 207. The zero-order valence-electron chi connectivity index (χ0n) is 12.3. The molecule has 1 heterocycles. The van der Waals surface area contributed by atoms with Crippen molar-refractivity contribution in [1.82, 2.24) is 10.2 Å². The highest BCUT2D eigenvalue weighted by Crippen LogP contribution is 2.23. The molecule has 2 unspecified atom stereocenters. The van der Waals surface area contributed by atoms with E-state index in [9.17, 15) is 0 Å². The van der Waals surface area contributed by atoms with Crippen molar-refractivity contribution < 1.29 is 0 Å². The van der Waals surface area contributed by atoms with Crippen molar-refractivity contribution in [2.45, 2.75) is 64.6 Å². The third-order valence-electron chi connectivity index (χ3n) is 3.55. The molecule has 1 aliphatic rings. The van der Waals surface area contributed by atoms with E-state index < -0.39 is 0 Å². The summed E-state index contributed by atoms with van der Waals surface area (Å²) >= 11 is 2.11. The molecule has 0 radical (unpaired) electrons. The van der Waals surface area contributed by atoms with Crippen molar-refractivity contribution in [1.29, 1.82) is 0 Å². The Kier molecular flexibility index (Phi) is 6.32. The molecule has 0 aromatic heterocycles. The lowest BCUT2D eigenvalue weighted by molar-refractivity contribution is 0.165. The lowest BCUT2D eigenvalue weighted by atomic mass is 10.0. The molecule has 0 bridgehead atoms. The van der Waals surface area contributed by atoms with Crippen molar-refractivity contribution in [3.63, 3.8) is 0 Å². The molecule has 1 aliphatic heterocycles. The summed E-state index contributed by atoms with van der Waals surface area (Å²) in [5, 5.41) is 3.66. The van der Waals surface area contributed by atoms with Crippen molar-refractivity contribution in [2.24, 2.45) is 0 Å². The molecular formula is C14H30N2S. The molecule has 0 amide bonds. The van der Waals surface area contributed by atoms with Gasteiger partial charge in [-0.3, -0.25) is 4.90 Å². The first-order valence-corrected chi connectivity index (χ1v) is 8.14. The molecule has 1 rings (SSSR count). The minimum Gasteiger partial charge on any atom is -0.311 e. The van der Waals surface area contributed by atoms with Crippen LogP contribution in [0.25, 0.3) is 0 Å². The van der Waals surface area contributed by atoms with Gasteiger partial charge in [0.2, 0.25) is 0 Å². The normalized spacial score (nSPS) is 23.3. The number of thioether (sulfide) groups is 1. The third-order valence-corrected chi connectivity index (χ3v) is 4.69. The summed E-state index contributed by atoms with van der Waals surface area (Å²) in [6.45, 7) is 10.2. The van der Waals surface area contributed by atoms with E-state index in [1.807, 2.05) is 0 Å². The van der Waals surface area contributed by atoms with Crippen LogP contribution in [0, 0.1) is 0 Å². The Balaban J connectivity index is 2.45. The lowest BCUT2D eigenvalue weighted by Gasteiger charge is -2.35. The molecule has 3 heteroatoms. The van der Waals surface area contributed by atoms with Gasteiger partial charge in [0, 0.05) is 29.9 Å². The van der Waals surface area contributed by atoms with Crippen LogP contribution in [0.5, 0.6) is 0 Å². The van der Waals surface area contributed by atoms with Gasteiger partial charge in [-0.05, 0) is 46.4 Å². The highest BCUT2D eigenvalue weighted by molar-refractivity contribution is 7.99. The first kappa shape index (κ1) is 15.3. The minimum absolute atomic E-state index is 0.233. The van der Waals surface area contributed by atoms with Crippen molar-refractivity contribution in [3.8, 4) is 0 Å². The lowest BCUT2D eigenvalue weighted by Crippen LogP contribution is -2.49. The Morgan fingerprint density at radius 3 is 2.59 bits per heavy atom. The summed E-state index contributed by atoms with van der Waals surface area (Å²) in [7, 11) is 2.32. The van der Waals surface area contributed by atoms with Crippen LogP contribution in [0.2, 0.25) is 0 Å². The van der Waals surface area contributed by atoms with Crippen LogP contribution < -0.4 is 5.32 Å². The van der Waals surface area contributed by atoms with Crippen LogP contribution in [0.3, 0.4) is 0 Å². The molecule has 1 N–H and O–H groups in total. The predicted molar refractivity (Wildman–Crippen MR) is 79.9 cm³/mol. The smallest absolute Gasteiger partial charge is 0.0220 e. The molecule has 0 saturated carbocycles. The van der Waals surface area contributed by atoms with Crippen molar-refractivity contribution >= 4 is 11.8 Å². The van der Waals surface area contributed by atoms with E-state index in [-0.39, 0.29) is 5.54 Å². The first-order valence-electron chi connectivity index (χ1n) is 6.98. The average Bonchev–Trinajstić information content (AvgIpc) is 2.75. The summed E-state index contributed by atoms with van der Waals surface area (Å²) in [4.78, 5) is 2.63. The van der Waals surface area contributed by atoms with Gasteiger partial charge >= 0.3 is 0 Å². The standard InChI is InChI=1S/C14H30N2S/c1-6-7-12(10-15-14(2,3)4)16(5)13-8-9-17-11-13/h12-13,15H,6-11H2,1-5H3. The Morgan fingerprint density at radius 2 is 2.12 bits per heavy atom. The summed E-state index contributed by atoms with van der Waals surface area (Å²) < 4.78 is 0. The molecule has 2 atom stereocenters. The number of nitrogens with zero attached hydrogens (tertiary/aromatic N) is 1. The van der Waals surface area contributed by atoms with Gasteiger partial charge in [0.15, 0.2) is 0 Å². The fraction of sp³-hybridized carbons (Fsp3) is 1.00. The number of hydrogen-bond acceptors (Lipinski definition) is 3. The predicted octanol–water partition coefficient (Wildman–Crippen LogP) is 2.98. The number of nitrogens with one attached hydrogen (secondary N) is 1. The largest absolute Gasteiger partial charge is 0.311 e. The van der Waals surface area contributed by atoms with E-state index in [2.05, 4.69) is 56.7 Å². The molecule has 2 nitrogen and oxygen atoms in total. The van der Waals surface area contributed by atoms with Gasteiger partial charge in [-0.2, -0.15) is 11.8 Å². The Labute approximate surface area is 112 Å². The molecule has 0 aromatic rings. The Hall–Kier alpha value is 0.270. The van der Waals surface area contributed by atoms with E-state index in [1.54, 1.807) is 0 Å². The fourth-order valence-corrected chi connectivity index (χ4v) is 3.63. The summed E-state index contributed by atoms with van der Waals surface area (Å²) in [5.41, 5.74) is 0.233. The van der Waals surface area contributed by atoms with Crippen LogP contribution in [0.1, 0.15) is 47.0 Å². The average molecular weight is 258 g/mol. The molecular weight excluding hydrogens is 228 g/mol. The van der Waals surface area contributed by atoms with Gasteiger partial charge in [0.25, 0.3) is 0 Å². The molecule has 0 aromatic carbocycles. The van der Waals surface area contributed by atoms with E-state index >= 15 is 0 Å². The van der Waals surface area contributed by atoms with E-state index in [0.717, 1.165) is 12.6 Å². The van der Waals surface area contributed by atoms with Gasteiger partial charge in [0.1, 0.15) is 0 Å². The maximum absolute atomic E-state index is 3.66. The molecule has 0 spiro atoms. The van der Waals surface area contributed by atoms with Gasteiger partial charge < -0.3 is 5.32 Å². The number of hydrogen-bond donors (Lipinski definition) is 1. The Morgan fingerprint density at radius 1 is 1.41 bits per heavy atom. The second-order valence-corrected chi connectivity index (χ2v) is 7.41. The fourth-order valence-electron chi connectivity index (χ4n) is 2.35. The molecule has 1 fully saturated rings. The van der Waals surface area contributed by atoms with Crippen molar-refractivity contribution in [3.05, 3.63) is 0 Å². The van der Waals surface area contributed by atoms with Crippen LogP contribution in [-0.4, -0.2) is 47.6 Å². The summed E-state index contributed by atoms with van der Waals surface area (Å²) in [6, 6.07) is 1.50. The van der Waals surface area contributed by atoms with Gasteiger partial charge in [-0.1, -0.05) is 13.3 Å². The quantitative estimate of drug-likeness (QED) is 0.788. The zero-order valence-corrected chi connectivity index (χ0v) is 13.1. The maximum atomic E-state index is 3.66. The van der Waals surface area contributed by atoms with E-state index in [1.165, 1.54) is 30.8 Å². The molecule has 1 saturated heterocycles. The second kappa shape index (κ2) is 7.01. The van der Waals surface area contributed by atoms with Gasteiger partial charge in [-0.25, -0.2) is 0 Å². The van der Waals surface area contributed by atoms with Gasteiger partial charge in [-0.15, -0.1) is 0 Å². The molecule has 17 heavy (non-hydrogen) atoms. The monoisotopic (exact) mass is 258 g/mol. The maximum Gasteiger partial charge on any atom is 0.0220 e. The second-order valence-electron chi connectivity index (χ2n) is 6.26. The number of rotatable bonds is 6. The molecule has 102 valence electrons. The first-order chi connectivity index (χ1) is 7.94. The minimum atomic E-state index is 0.233. The van der Waals surface area contributed by atoms with E-state index in [0.29, 0.717) is 6.04 Å². The topological polar surface area (TPSA) is 15.3 Å². The van der Waals surface area contributed by atoms with Crippen LogP contribution in [0.15, 0.2) is 0 Å². The SMILES string of the molecule is CCCC(CNC(C)(C)C)N(C)C1CCSC1. The third kappa shape index (κ3) is 5.62. The zero-order chi connectivity index (χ0) is 12.9. The summed E-state index contributed by atoms with van der Waals surface area (Å²) in [5.74, 6) is 2.67. The van der Waals surface area contributed by atoms with Crippen LogP contribution >= 0.6 is 11.8 Å². The van der Waals surface area contributed by atoms with Crippen LogP contribution in [0.4, 0.5) is 0 Å². The van der Waals surface area contributed by atoms with Crippen LogP contribution in [-0.2, 0) is 0 Å². The molecule has 0 aliphatic carbocycles. The van der Waals surface area contributed by atoms with Gasteiger partial charge in [0.05, 0.1) is 0 Å². The van der Waals surface area contributed by atoms with Crippen molar-refractivity contribution in [2.75, 3.05) is 25.1 Å².